The van der Waals surface area contributed by atoms with Gasteiger partial charge in [-0.1, -0.05) is 0 Å². The predicted octanol–water partition coefficient (Wildman–Crippen LogP) is 2.38. The Hall–Kier alpha value is -1.26. The molecule has 0 spiro atoms. The van der Waals surface area contributed by atoms with Gasteiger partial charge in [0.15, 0.2) is 11.4 Å². The molecule has 1 aromatic heterocycles. The van der Waals surface area contributed by atoms with E-state index in [1.165, 1.54) is 22.6 Å². The average Bonchev–Trinajstić information content (AvgIpc) is 2.28. The monoisotopic (exact) mass is 377 g/mol. The SMILES string of the molecule is COC(=O)c1cc(OC)c(OC(F)(F)F)c(I)n1. The Kier molecular flexibility index (Phi) is 4.59. The Labute approximate surface area is 113 Å². The lowest BCUT2D eigenvalue weighted by Gasteiger charge is -2.14. The van der Waals surface area contributed by atoms with E-state index < -0.39 is 18.1 Å². The van der Waals surface area contributed by atoms with E-state index in [9.17, 15) is 18.0 Å². The average molecular weight is 377 g/mol. The minimum Gasteiger partial charge on any atom is -0.493 e. The fourth-order valence-corrected chi connectivity index (χ4v) is 1.68. The first-order chi connectivity index (χ1) is 8.28. The van der Waals surface area contributed by atoms with Gasteiger partial charge in [0.25, 0.3) is 0 Å². The first-order valence-electron chi connectivity index (χ1n) is 4.37. The van der Waals surface area contributed by atoms with E-state index in [4.69, 9.17) is 4.74 Å². The molecule has 0 unspecified atom stereocenters. The molecular formula is C9H7F3INO4. The van der Waals surface area contributed by atoms with E-state index in [0.717, 1.165) is 20.3 Å². The zero-order valence-electron chi connectivity index (χ0n) is 9.17. The quantitative estimate of drug-likeness (QED) is 0.460. The molecule has 0 fully saturated rings. The highest BCUT2D eigenvalue weighted by atomic mass is 127. The molecule has 0 aliphatic carbocycles. The van der Waals surface area contributed by atoms with Crippen molar-refractivity contribution in [2.75, 3.05) is 14.2 Å². The third-order valence-electron chi connectivity index (χ3n) is 1.73. The van der Waals surface area contributed by atoms with Crippen molar-refractivity contribution < 1.29 is 32.2 Å². The van der Waals surface area contributed by atoms with Crippen LogP contribution >= 0.6 is 22.6 Å². The largest absolute Gasteiger partial charge is 0.573 e. The van der Waals surface area contributed by atoms with Crippen LogP contribution in [0.15, 0.2) is 6.07 Å². The molecule has 0 aromatic carbocycles. The molecule has 5 nitrogen and oxygen atoms in total. The van der Waals surface area contributed by atoms with Gasteiger partial charge in [-0.05, 0) is 22.6 Å². The van der Waals surface area contributed by atoms with E-state index in [1.807, 2.05) is 0 Å². The summed E-state index contributed by atoms with van der Waals surface area (Å²) in [4.78, 5) is 14.9. The van der Waals surface area contributed by atoms with Crippen molar-refractivity contribution in [3.05, 3.63) is 15.5 Å². The molecule has 1 rings (SSSR count). The van der Waals surface area contributed by atoms with Crippen LogP contribution in [0.3, 0.4) is 0 Å². The molecule has 18 heavy (non-hydrogen) atoms. The number of ether oxygens (including phenoxy) is 3. The Bertz CT molecular complexity index is 464. The number of nitrogens with zero attached hydrogens (tertiary/aromatic N) is 1. The summed E-state index contributed by atoms with van der Waals surface area (Å²) in [5.41, 5.74) is -0.173. The van der Waals surface area contributed by atoms with Crippen molar-refractivity contribution in [2.24, 2.45) is 0 Å². The lowest BCUT2D eigenvalue weighted by atomic mass is 10.3. The first-order valence-corrected chi connectivity index (χ1v) is 5.45. The molecule has 0 aliphatic rings. The second-order valence-electron chi connectivity index (χ2n) is 2.87. The fourth-order valence-electron chi connectivity index (χ4n) is 1.05. The van der Waals surface area contributed by atoms with Gasteiger partial charge >= 0.3 is 12.3 Å². The molecule has 0 aliphatic heterocycles. The molecule has 1 aromatic rings. The highest BCUT2D eigenvalue weighted by molar-refractivity contribution is 14.1. The van der Waals surface area contributed by atoms with Crippen molar-refractivity contribution >= 4 is 28.6 Å². The number of methoxy groups -OCH3 is 2. The van der Waals surface area contributed by atoms with Crippen molar-refractivity contribution in [3.8, 4) is 11.5 Å². The summed E-state index contributed by atoms with van der Waals surface area (Å²) in [7, 11) is 2.28. The minimum atomic E-state index is -4.87. The molecule has 9 heteroatoms. The molecule has 1 heterocycles. The maximum absolute atomic E-state index is 12.2. The number of alkyl halides is 3. The van der Waals surface area contributed by atoms with Crippen LogP contribution in [0.25, 0.3) is 0 Å². The molecular weight excluding hydrogens is 370 g/mol. The van der Waals surface area contributed by atoms with E-state index in [-0.39, 0.29) is 15.1 Å². The van der Waals surface area contributed by atoms with Crippen LogP contribution in [0.5, 0.6) is 11.5 Å². The third-order valence-corrected chi connectivity index (χ3v) is 2.46. The maximum Gasteiger partial charge on any atom is 0.573 e. The summed E-state index contributed by atoms with van der Waals surface area (Å²) in [5, 5.41) is 0. The summed E-state index contributed by atoms with van der Waals surface area (Å²) in [5.74, 6) is -1.64. The summed E-state index contributed by atoms with van der Waals surface area (Å²) < 4.78 is 49.2. The Morgan fingerprint density at radius 1 is 1.39 bits per heavy atom. The van der Waals surface area contributed by atoms with Gasteiger partial charge in [-0.25, -0.2) is 9.78 Å². The zero-order chi connectivity index (χ0) is 13.9. The molecule has 0 saturated carbocycles. The molecule has 0 radical (unpaired) electrons. The van der Waals surface area contributed by atoms with Crippen LogP contribution in [0, 0.1) is 3.70 Å². The topological polar surface area (TPSA) is 57.7 Å². The molecule has 0 amide bonds. The van der Waals surface area contributed by atoms with Gasteiger partial charge in [0.2, 0.25) is 5.75 Å². The predicted molar refractivity (Wildman–Crippen MR) is 61.5 cm³/mol. The van der Waals surface area contributed by atoms with Gasteiger partial charge in [-0.15, -0.1) is 13.2 Å². The highest BCUT2D eigenvalue weighted by Gasteiger charge is 2.34. The van der Waals surface area contributed by atoms with Gasteiger partial charge in [0.1, 0.15) is 3.70 Å². The number of hydrogen-bond acceptors (Lipinski definition) is 5. The smallest absolute Gasteiger partial charge is 0.493 e. The van der Waals surface area contributed by atoms with Gasteiger partial charge in [-0.2, -0.15) is 0 Å². The number of carbonyl (C=O) groups is 1. The Morgan fingerprint density at radius 3 is 2.44 bits per heavy atom. The van der Waals surface area contributed by atoms with Crippen LogP contribution in [-0.2, 0) is 4.74 Å². The van der Waals surface area contributed by atoms with Gasteiger partial charge in [0.05, 0.1) is 14.2 Å². The Morgan fingerprint density at radius 2 is 2.00 bits per heavy atom. The maximum atomic E-state index is 12.2. The molecule has 0 N–H and O–H groups in total. The number of halogens is 4. The number of aromatic nitrogens is 1. The van der Waals surface area contributed by atoms with E-state index in [2.05, 4.69) is 14.5 Å². The van der Waals surface area contributed by atoms with Crippen molar-refractivity contribution in [1.82, 2.24) is 4.98 Å². The summed E-state index contributed by atoms with van der Waals surface area (Å²) in [6.45, 7) is 0. The van der Waals surface area contributed by atoms with Crippen molar-refractivity contribution in [1.29, 1.82) is 0 Å². The standard InChI is InChI=1S/C9H7F3INO4/c1-16-5-3-4(8(15)17-2)14-7(13)6(5)18-9(10,11)12/h3H,1-2H3. The van der Waals surface area contributed by atoms with Crippen LogP contribution in [-0.4, -0.2) is 31.5 Å². The summed E-state index contributed by atoms with van der Waals surface area (Å²) in [6.07, 6.45) is -4.87. The second-order valence-corrected chi connectivity index (χ2v) is 3.89. The molecule has 0 saturated heterocycles. The summed E-state index contributed by atoms with van der Waals surface area (Å²) in [6, 6.07) is 1.01. The molecule has 0 atom stereocenters. The van der Waals surface area contributed by atoms with Gasteiger partial charge < -0.3 is 14.2 Å². The van der Waals surface area contributed by atoms with Crippen LogP contribution in [0.2, 0.25) is 0 Å². The fraction of sp³-hybridized carbons (Fsp3) is 0.333. The van der Waals surface area contributed by atoms with Crippen molar-refractivity contribution in [3.63, 3.8) is 0 Å². The minimum absolute atomic E-state index is 0.162. The van der Waals surface area contributed by atoms with Crippen LogP contribution in [0.1, 0.15) is 10.5 Å². The van der Waals surface area contributed by atoms with Gasteiger partial charge in [0, 0.05) is 6.07 Å². The lowest BCUT2D eigenvalue weighted by molar-refractivity contribution is -0.275. The van der Waals surface area contributed by atoms with Crippen molar-refractivity contribution in [2.45, 2.75) is 6.36 Å². The number of pyridine rings is 1. The van der Waals surface area contributed by atoms with Crippen LogP contribution in [0.4, 0.5) is 13.2 Å². The van der Waals surface area contributed by atoms with E-state index >= 15 is 0 Å². The number of rotatable bonds is 3. The van der Waals surface area contributed by atoms with Crippen LogP contribution < -0.4 is 9.47 Å². The lowest BCUT2D eigenvalue weighted by Crippen LogP contribution is -2.19. The highest BCUT2D eigenvalue weighted by Crippen LogP contribution is 2.36. The zero-order valence-corrected chi connectivity index (χ0v) is 11.3. The summed E-state index contributed by atoms with van der Waals surface area (Å²) >= 11 is 1.50. The van der Waals surface area contributed by atoms with Gasteiger partial charge in [-0.3, -0.25) is 0 Å². The first kappa shape index (κ1) is 14.8. The number of hydrogen-bond donors (Lipinski definition) is 0. The van der Waals surface area contributed by atoms with E-state index in [1.54, 1.807) is 0 Å². The number of esters is 1. The second kappa shape index (κ2) is 5.59. The molecule has 100 valence electrons. The molecule has 0 bridgehead atoms. The normalized spacial score (nSPS) is 11.0. The Balaban J connectivity index is 3.24. The van der Waals surface area contributed by atoms with E-state index in [0.29, 0.717) is 0 Å². The number of carbonyl (C=O) groups excluding carboxylic acids is 1. The third kappa shape index (κ3) is 3.62.